The molecule has 0 saturated carbocycles. The molecule has 8 heteroatoms. The highest BCUT2D eigenvalue weighted by atomic mass is 16.5. The van der Waals surface area contributed by atoms with E-state index in [2.05, 4.69) is 22.4 Å². The number of carbonyl (C=O) groups excluding carboxylic acids is 1. The Morgan fingerprint density at radius 1 is 1.20 bits per heavy atom. The van der Waals surface area contributed by atoms with Crippen molar-refractivity contribution in [3.63, 3.8) is 0 Å². The molecule has 4 rings (SSSR count). The second-order valence-electron chi connectivity index (χ2n) is 8.36. The molecule has 30 heavy (non-hydrogen) atoms. The summed E-state index contributed by atoms with van der Waals surface area (Å²) in [5, 5.41) is 18.4. The van der Waals surface area contributed by atoms with E-state index in [0.29, 0.717) is 57.8 Å². The van der Waals surface area contributed by atoms with E-state index in [1.54, 1.807) is 9.58 Å². The Morgan fingerprint density at radius 3 is 2.63 bits per heavy atom. The summed E-state index contributed by atoms with van der Waals surface area (Å²) in [6.45, 7) is 2.73. The van der Waals surface area contributed by atoms with Crippen LogP contribution in [-0.4, -0.2) is 63.2 Å². The maximum atomic E-state index is 12.6. The minimum atomic E-state index is -0.900. The Morgan fingerprint density at radius 2 is 1.97 bits per heavy atom. The Labute approximate surface area is 175 Å². The molecule has 1 aromatic carbocycles. The number of rotatable bonds is 7. The number of amides is 1. The van der Waals surface area contributed by atoms with Crippen LogP contribution in [0.5, 0.6) is 0 Å². The molecule has 2 aromatic rings. The van der Waals surface area contributed by atoms with E-state index in [1.165, 1.54) is 5.56 Å². The van der Waals surface area contributed by atoms with Gasteiger partial charge in [-0.15, -0.1) is 5.10 Å². The largest absolute Gasteiger partial charge is 0.481 e. The average molecular weight is 412 g/mol. The first kappa shape index (κ1) is 20.5. The van der Waals surface area contributed by atoms with Crippen molar-refractivity contribution < 1.29 is 19.4 Å². The summed E-state index contributed by atoms with van der Waals surface area (Å²) < 4.78 is 7.09. The van der Waals surface area contributed by atoms with Gasteiger partial charge in [-0.3, -0.25) is 14.3 Å². The summed E-state index contributed by atoms with van der Waals surface area (Å²) in [5.74, 6) is -0.803. The predicted octanol–water partition coefficient (Wildman–Crippen LogP) is 1.79. The third kappa shape index (κ3) is 4.53. The monoisotopic (exact) mass is 412 g/mol. The van der Waals surface area contributed by atoms with Gasteiger partial charge in [0, 0.05) is 38.9 Å². The van der Waals surface area contributed by atoms with Crippen LogP contribution in [0.4, 0.5) is 0 Å². The van der Waals surface area contributed by atoms with Crippen molar-refractivity contribution in [2.75, 3.05) is 26.3 Å². The Balaban J connectivity index is 1.35. The molecule has 1 unspecified atom stereocenters. The lowest BCUT2D eigenvalue weighted by molar-refractivity contribution is -0.155. The molecular formula is C22H28N4O4. The molecule has 1 atom stereocenters. The van der Waals surface area contributed by atoms with Crippen LogP contribution < -0.4 is 0 Å². The average Bonchev–Trinajstić information content (AvgIpc) is 3.45. The molecule has 0 aliphatic carbocycles. The van der Waals surface area contributed by atoms with Gasteiger partial charge in [-0.2, -0.15) is 0 Å². The molecule has 0 radical (unpaired) electrons. The molecular weight excluding hydrogens is 384 g/mol. The van der Waals surface area contributed by atoms with E-state index < -0.39 is 11.4 Å². The zero-order chi connectivity index (χ0) is 21.0. The van der Waals surface area contributed by atoms with E-state index in [9.17, 15) is 14.7 Å². The van der Waals surface area contributed by atoms with Crippen molar-refractivity contribution in [2.24, 2.45) is 11.3 Å². The van der Waals surface area contributed by atoms with Crippen LogP contribution in [-0.2, 0) is 33.7 Å². The van der Waals surface area contributed by atoms with Crippen LogP contribution in [0.15, 0.2) is 36.5 Å². The zero-order valence-electron chi connectivity index (χ0n) is 17.1. The normalized spacial score (nSPS) is 20.9. The van der Waals surface area contributed by atoms with Crippen molar-refractivity contribution in [2.45, 2.75) is 38.6 Å². The van der Waals surface area contributed by atoms with Gasteiger partial charge < -0.3 is 14.7 Å². The smallest absolute Gasteiger partial charge is 0.310 e. The number of hydrogen-bond donors (Lipinski definition) is 1. The standard InChI is InChI=1S/C22H28N4O4/c27-20(18-7-13-30-16-18)25-11-8-22(9-12-25,21(28)29)14-19-15-26(24-23-19)10-6-17-4-2-1-3-5-17/h1-5,15,18H,6-14,16H2,(H,28,29). The molecule has 2 aliphatic rings. The van der Waals surface area contributed by atoms with Gasteiger partial charge in [0.2, 0.25) is 5.91 Å². The quantitative estimate of drug-likeness (QED) is 0.745. The number of ether oxygens (including phenoxy) is 1. The number of piperidine rings is 1. The molecule has 2 aliphatic heterocycles. The first-order valence-corrected chi connectivity index (χ1v) is 10.6. The van der Waals surface area contributed by atoms with Crippen molar-refractivity contribution in [3.8, 4) is 0 Å². The summed E-state index contributed by atoms with van der Waals surface area (Å²) in [5.41, 5.74) is 1.01. The highest BCUT2D eigenvalue weighted by Gasteiger charge is 2.44. The number of carbonyl (C=O) groups is 2. The highest BCUT2D eigenvalue weighted by molar-refractivity contribution is 5.80. The van der Waals surface area contributed by atoms with Crippen LogP contribution in [0.25, 0.3) is 0 Å². The molecule has 0 spiro atoms. The van der Waals surface area contributed by atoms with E-state index in [0.717, 1.165) is 12.8 Å². The Hall–Kier alpha value is -2.74. The highest BCUT2D eigenvalue weighted by Crippen LogP contribution is 2.36. The second-order valence-corrected chi connectivity index (χ2v) is 8.36. The predicted molar refractivity (Wildman–Crippen MR) is 109 cm³/mol. The van der Waals surface area contributed by atoms with Crippen LogP contribution in [0, 0.1) is 11.3 Å². The lowest BCUT2D eigenvalue weighted by Crippen LogP contribution is -2.49. The fourth-order valence-electron chi connectivity index (χ4n) is 4.37. The number of nitrogens with zero attached hydrogens (tertiary/aromatic N) is 4. The van der Waals surface area contributed by atoms with Gasteiger partial charge in [0.1, 0.15) is 0 Å². The van der Waals surface area contributed by atoms with Gasteiger partial charge in [0.15, 0.2) is 0 Å². The first-order valence-electron chi connectivity index (χ1n) is 10.6. The van der Waals surface area contributed by atoms with Crippen LogP contribution >= 0.6 is 0 Å². The minimum absolute atomic E-state index is 0.0770. The third-order valence-electron chi connectivity index (χ3n) is 6.34. The van der Waals surface area contributed by atoms with Crippen molar-refractivity contribution in [3.05, 3.63) is 47.8 Å². The molecule has 1 aromatic heterocycles. The third-order valence-corrected chi connectivity index (χ3v) is 6.34. The van der Waals surface area contributed by atoms with E-state index >= 15 is 0 Å². The summed E-state index contributed by atoms with van der Waals surface area (Å²) >= 11 is 0. The molecule has 2 saturated heterocycles. The fourth-order valence-corrected chi connectivity index (χ4v) is 4.37. The molecule has 0 bridgehead atoms. The van der Waals surface area contributed by atoms with Crippen LogP contribution in [0.3, 0.4) is 0 Å². The topological polar surface area (TPSA) is 97.5 Å². The Bertz CT molecular complexity index is 868. The summed E-state index contributed by atoms with van der Waals surface area (Å²) in [6, 6.07) is 10.2. The zero-order valence-corrected chi connectivity index (χ0v) is 17.1. The maximum absolute atomic E-state index is 12.6. The summed E-state index contributed by atoms with van der Waals surface area (Å²) in [7, 11) is 0. The number of likely N-dealkylation sites (tertiary alicyclic amines) is 1. The molecule has 3 heterocycles. The summed E-state index contributed by atoms with van der Waals surface area (Å²) in [6.07, 6.45) is 4.64. The Kier molecular flexibility index (Phi) is 6.13. The fraction of sp³-hybridized carbons (Fsp3) is 0.545. The number of aliphatic carboxylic acids is 1. The second kappa shape index (κ2) is 8.95. The van der Waals surface area contributed by atoms with Gasteiger partial charge in [-0.05, 0) is 31.2 Å². The summed E-state index contributed by atoms with van der Waals surface area (Å²) in [4.78, 5) is 26.6. The number of benzene rings is 1. The van der Waals surface area contributed by atoms with E-state index in [-0.39, 0.29) is 11.8 Å². The molecule has 2 fully saturated rings. The lowest BCUT2D eigenvalue weighted by Gasteiger charge is -2.39. The van der Waals surface area contributed by atoms with Gasteiger partial charge >= 0.3 is 5.97 Å². The van der Waals surface area contributed by atoms with Gasteiger partial charge in [0.25, 0.3) is 0 Å². The van der Waals surface area contributed by atoms with Crippen molar-refractivity contribution in [1.82, 2.24) is 19.9 Å². The number of carboxylic acids is 1. The van der Waals surface area contributed by atoms with E-state index in [4.69, 9.17) is 4.74 Å². The number of aromatic nitrogens is 3. The number of aryl methyl sites for hydroxylation is 2. The molecule has 160 valence electrons. The molecule has 1 amide bonds. The maximum Gasteiger partial charge on any atom is 0.310 e. The SMILES string of the molecule is O=C(C1CCOC1)N1CCC(Cc2cn(CCc3ccccc3)nn2)(C(=O)O)CC1. The number of carboxylic acid groups (broad SMARTS) is 1. The van der Waals surface area contributed by atoms with Crippen LogP contribution in [0.1, 0.15) is 30.5 Å². The van der Waals surface area contributed by atoms with Crippen molar-refractivity contribution in [1.29, 1.82) is 0 Å². The van der Waals surface area contributed by atoms with Gasteiger partial charge in [-0.25, -0.2) is 0 Å². The van der Waals surface area contributed by atoms with Crippen molar-refractivity contribution >= 4 is 11.9 Å². The molecule has 1 N–H and O–H groups in total. The van der Waals surface area contributed by atoms with Crippen LogP contribution in [0.2, 0.25) is 0 Å². The molecule has 8 nitrogen and oxygen atoms in total. The van der Waals surface area contributed by atoms with Gasteiger partial charge in [-0.1, -0.05) is 35.5 Å². The first-order chi connectivity index (χ1) is 14.6. The minimum Gasteiger partial charge on any atom is -0.481 e. The number of hydrogen-bond acceptors (Lipinski definition) is 5. The van der Waals surface area contributed by atoms with E-state index in [1.807, 2.05) is 24.4 Å². The van der Waals surface area contributed by atoms with Gasteiger partial charge in [0.05, 0.1) is 23.6 Å². The lowest BCUT2D eigenvalue weighted by atomic mass is 9.74.